The molecule has 2 rings (SSSR count). The highest BCUT2D eigenvalue weighted by molar-refractivity contribution is 9.10. The maximum absolute atomic E-state index is 5.45. The molecule has 0 saturated heterocycles. The Morgan fingerprint density at radius 2 is 2.31 bits per heavy atom. The number of nitrogens with one attached hydrogen (secondary N) is 1. The maximum Gasteiger partial charge on any atom is 0.170 e. The lowest BCUT2D eigenvalue weighted by atomic mass is 10.3. The van der Waals surface area contributed by atoms with Gasteiger partial charge in [0.2, 0.25) is 0 Å². The molecule has 0 fully saturated rings. The summed E-state index contributed by atoms with van der Waals surface area (Å²) in [5.74, 6) is 0.813. The molecule has 2 aromatic rings. The maximum atomic E-state index is 5.45. The first-order chi connectivity index (χ1) is 7.65. The molecule has 5 heteroatoms. The summed E-state index contributed by atoms with van der Waals surface area (Å²) in [6.07, 6.45) is 0. The lowest BCUT2D eigenvalue weighted by Crippen LogP contribution is -2.21. The smallest absolute Gasteiger partial charge is 0.170 e. The van der Waals surface area contributed by atoms with Crippen molar-refractivity contribution in [3.05, 3.63) is 27.9 Å². The molecular weight excluding hydrogens is 288 g/mol. The van der Waals surface area contributed by atoms with Crippen LogP contribution in [0.2, 0.25) is 0 Å². The van der Waals surface area contributed by atoms with Gasteiger partial charge in [-0.25, -0.2) is 4.98 Å². The third kappa shape index (κ3) is 2.93. The minimum absolute atomic E-state index is 0.475. The average molecular weight is 301 g/mol. The molecule has 0 atom stereocenters. The molecule has 3 nitrogen and oxygen atoms in total. The van der Waals surface area contributed by atoms with Crippen LogP contribution in [0.4, 0.5) is 0 Å². The van der Waals surface area contributed by atoms with Crippen molar-refractivity contribution in [3.63, 3.8) is 0 Å². The van der Waals surface area contributed by atoms with Gasteiger partial charge in [-0.05, 0) is 28.1 Å². The zero-order valence-electron chi connectivity index (χ0n) is 9.16. The number of nitrogens with zero attached hydrogens (tertiary/aromatic N) is 1. The zero-order chi connectivity index (χ0) is 11.5. The monoisotopic (exact) mass is 300 g/mol. The number of halogens is 1. The molecule has 0 saturated carbocycles. The van der Waals surface area contributed by atoms with Gasteiger partial charge in [-0.3, -0.25) is 0 Å². The molecule has 0 amide bonds. The Hall–Kier alpha value is -0.650. The van der Waals surface area contributed by atoms with Crippen molar-refractivity contribution in [1.29, 1.82) is 0 Å². The minimum Gasteiger partial charge on any atom is -0.447 e. The van der Waals surface area contributed by atoms with Crippen molar-refractivity contribution in [2.75, 3.05) is 0 Å². The third-order valence-electron chi connectivity index (χ3n) is 2.03. The number of hydrogen-bond acceptors (Lipinski definition) is 4. The van der Waals surface area contributed by atoms with Crippen molar-refractivity contribution in [2.45, 2.75) is 26.4 Å². The molecule has 0 aliphatic heterocycles. The second-order valence-electron chi connectivity index (χ2n) is 3.78. The van der Waals surface area contributed by atoms with Gasteiger partial charge in [-0.15, -0.1) is 11.3 Å². The van der Waals surface area contributed by atoms with E-state index in [1.165, 1.54) is 0 Å². The van der Waals surface area contributed by atoms with E-state index in [1.807, 2.05) is 12.1 Å². The Morgan fingerprint density at radius 3 is 2.94 bits per heavy atom. The summed E-state index contributed by atoms with van der Waals surface area (Å²) in [5.41, 5.74) is 1.06. The number of furan rings is 1. The first-order valence-electron chi connectivity index (χ1n) is 5.08. The van der Waals surface area contributed by atoms with Gasteiger partial charge < -0.3 is 9.73 Å². The van der Waals surface area contributed by atoms with E-state index in [4.69, 9.17) is 4.42 Å². The second kappa shape index (κ2) is 5.12. The number of aromatic nitrogens is 1. The first kappa shape index (κ1) is 11.8. The molecule has 0 aromatic carbocycles. The Morgan fingerprint density at radius 1 is 1.50 bits per heavy atom. The van der Waals surface area contributed by atoms with Crippen LogP contribution in [-0.4, -0.2) is 11.0 Å². The predicted octanol–water partition coefficient (Wildman–Crippen LogP) is 3.66. The normalized spacial score (nSPS) is 11.2. The van der Waals surface area contributed by atoms with Crippen LogP contribution in [-0.2, 0) is 6.54 Å². The molecule has 0 aliphatic carbocycles. The van der Waals surface area contributed by atoms with Gasteiger partial charge in [-0.1, -0.05) is 13.8 Å². The summed E-state index contributed by atoms with van der Waals surface area (Å²) < 4.78 is 6.19. The molecule has 0 radical (unpaired) electrons. The summed E-state index contributed by atoms with van der Waals surface area (Å²) in [5, 5.41) is 6.32. The molecule has 86 valence electrons. The Labute approximate surface area is 107 Å². The Kier molecular flexibility index (Phi) is 3.78. The van der Waals surface area contributed by atoms with Crippen LogP contribution in [0.5, 0.6) is 0 Å². The van der Waals surface area contributed by atoms with Crippen molar-refractivity contribution in [2.24, 2.45) is 0 Å². The van der Waals surface area contributed by atoms with Crippen molar-refractivity contribution >= 4 is 27.3 Å². The number of rotatable bonds is 4. The van der Waals surface area contributed by atoms with Crippen LogP contribution >= 0.6 is 27.3 Å². The Balaban J connectivity index is 2.07. The van der Waals surface area contributed by atoms with E-state index < -0.39 is 0 Å². The topological polar surface area (TPSA) is 38.1 Å². The predicted molar refractivity (Wildman–Crippen MR) is 69.5 cm³/mol. The van der Waals surface area contributed by atoms with Crippen LogP contribution in [0.3, 0.4) is 0 Å². The lowest BCUT2D eigenvalue weighted by molar-refractivity contribution is 0.554. The second-order valence-corrected chi connectivity index (χ2v) is 5.42. The van der Waals surface area contributed by atoms with Gasteiger partial charge in [0.25, 0.3) is 0 Å². The first-order valence-corrected chi connectivity index (χ1v) is 6.76. The SMILES string of the molecule is CC(C)NCc1csc(-c2ccc(Br)o2)n1. The summed E-state index contributed by atoms with van der Waals surface area (Å²) in [6.45, 7) is 5.05. The minimum atomic E-state index is 0.475. The fourth-order valence-corrected chi connectivity index (χ4v) is 2.33. The molecule has 0 aliphatic rings. The van der Waals surface area contributed by atoms with Crippen LogP contribution in [0.1, 0.15) is 19.5 Å². The van der Waals surface area contributed by atoms with Crippen molar-refractivity contribution < 1.29 is 4.42 Å². The summed E-state index contributed by atoms with van der Waals surface area (Å²) in [4.78, 5) is 4.51. The van der Waals surface area contributed by atoms with Gasteiger partial charge >= 0.3 is 0 Å². The summed E-state index contributed by atoms with van der Waals surface area (Å²) >= 11 is 4.89. The van der Waals surface area contributed by atoms with Gasteiger partial charge in [0.05, 0.1) is 5.69 Å². The fraction of sp³-hybridized carbons (Fsp3) is 0.364. The standard InChI is InChI=1S/C11H13BrN2OS/c1-7(2)13-5-8-6-16-11(14-8)9-3-4-10(12)15-9/h3-4,6-7,13H,5H2,1-2H3. The molecular formula is C11H13BrN2OS. The van der Waals surface area contributed by atoms with Crippen LogP contribution < -0.4 is 5.32 Å². The molecule has 1 N–H and O–H groups in total. The highest BCUT2D eigenvalue weighted by Gasteiger charge is 2.08. The largest absolute Gasteiger partial charge is 0.447 e. The van der Waals surface area contributed by atoms with Crippen molar-refractivity contribution in [1.82, 2.24) is 10.3 Å². The molecule has 0 unspecified atom stereocenters. The van der Waals surface area contributed by atoms with E-state index in [-0.39, 0.29) is 0 Å². The summed E-state index contributed by atoms with van der Waals surface area (Å²) in [7, 11) is 0. The van der Waals surface area contributed by atoms with Gasteiger partial charge in [0.1, 0.15) is 0 Å². The highest BCUT2D eigenvalue weighted by atomic mass is 79.9. The van der Waals surface area contributed by atoms with Gasteiger partial charge in [-0.2, -0.15) is 0 Å². The molecule has 2 heterocycles. The highest BCUT2D eigenvalue weighted by Crippen LogP contribution is 2.27. The fourth-order valence-electron chi connectivity index (χ4n) is 1.24. The van der Waals surface area contributed by atoms with Gasteiger partial charge in [0, 0.05) is 18.0 Å². The summed E-state index contributed by atoms with van der Waals surface area (Å²) in [6, 6.07) is 4.27. The van der Waals surface area contributed by atoms with E-state index in [0.717, 1.165) is 27.7 Å². The van der Waals surface area contributed by atoms with E-state index in [2.05, 4.69) is 45.5 Å². The molecule has 0 bridgehead atoms. The third-order valence-corrected chi connectivity index (χ3v) is 3.36. The number of hydrogen-bond donors (Lipinski definition) is 1. The average Bonchev–Trinajstić information content (AvgIpc) is 2.83. The zero-order valence-corrected chi connectivity index (χ0v) is 11.6. The van der Waals surface area contributed by atoms with Crippen molar-refractivity contribution in [3.8, 4) is 10.8 Å². The van der Waals surface area contributed by atoms with E-state index in [1.54, 1.807) is 11.3 Å². The van der Waals surface area contributed by atoms with E-state index in [0.29, 0.717) is 6.04 Å². The number of thiazole rings is 1. The van der Waals surface area contributed by atoms with Crippen LogP contribution in [0, 0.1) is 0 Å². The van der Waals surface area contributed by atoms with E-state index in [9.17, 15) is 0 Å². The van der Waals surface area contributed by atoms with Gasteiger partial charge in [0.15, 0.2) is 15.4 Å². The van der Waals surface area contributed by atoms with Crippen LogP contribution in [0.25, 0.3) is 10.8 Å². The molecule has 16 heavy (non-hydrogen) atoms. The van der Waals surface area contributed by atoms with E-state index >= 15 is 0 Å². The molecule has 2 aromatic heterocycles. The van der Waals surface area contributed by atoms with Crippen LogP contribution in [0.15, 0.2) is 26.6 Å². The molecule has 0 spiro atoms. The quantitative estimate of drug-likeness (QED) is 0.936. The Bertz CT molecular complexity index is 464. The lowest BCUT2D eigenvalue weighted by Gasteiger charge is -2.04.